The molecule has 0 radical (unpaired) electrons. The van der Waals surface area contributed by atoms with Crippen LogP contribution in [0.1, 0.15) is 28.1 Å². The highest BCUT2D eigenvalue weighted by Crippen LogP contribution is 2.20. The molecule has 5 nitrogen and oxygen atoms in total. The Morgan fingerprint density at radius 3 is 2.52 bits per heavy atom. The molecule has 0 unspecified atom stereocenters. The number of aromatic nitrogens is 1. The lowest BCUT2D eigenvalue weighted by Gasteiger charge is -2.28. The third-order valence-corrected chi connectivity index (χ3v) is 6.57. The lowest BCUT2D eigenvalue weighted by molar-refractivity contribution is 0.809. The maximum Gasteiger partial charge on any atom is 0.191 e. The van der Waals surface area contributed by atoms with Crippen molar-refractivity contribution in [3.05, 3.63) is 45.4 Å². The molecule has 0 saturated carbocycles. The van der Waals surface area contributed by atoms with Crippen LogP contribution in [0.4, 0.5) is 5.69 Å². The predicted molar refractivity (Wildman–Crippen MR) is 119 cm³/mol. The molecule has 27 heavy (non-hydrogen) atoms. The zero-order valence-corrected chi connectivity index (χ0v) is 18.1. The van der Waals surface area contributed by atoms with E-state index < -0.39 is 0 Å². The Hall–Kier alpha value is -1.73. The van der Waals surface area contributed by atoms with Crippen LogP contribution in [-0.4, -0.2) is 42.1 Å². The summed E-state index contributed by atoms with van der Waals surface area (Å²) in [6, 6.07) is 8.83. The Labute approximate surface area is 170 Å². The van der Waals surface area contributed by atoms with Gasteiger partial charge in [0.25, 0.3) is 0 Å². The SMILES string of the molecule is CCNC(=NCc1ccc(N2CCSCC2)cc1)NCc1nc(C)c(C)s1. The molecule has 2 aromatic rings. The van der Waals surface area contributed by atoms with E-state index in [2.05, 4.69) is 65.6 Å². The summed E-state index contributed by atoms with van der Waals surface area (Å²) in [5, 5.41) is 7.80. The van der Waals surface area contributed by atoms with E-state index in [1.165, 1.54) is 27.6 Å². The summed E-state index contributed by atoms with van der Waals surface area (Å²) in [7, 11) is 0. The summed E-state index contributed by atoms with van der Waals surface area (Å²) >= 11 is 3.78. The Morgan fingerprint density at radius 1 is 1.15 bits per heavy atom. The summed E-state index contributed by atoms with van der Waals surface area (Å²) in [6.07, 6.45) is 0. The van der Waals surface area contributed by atoms with Gasteiger partial charge in [0, 0.05) is 41.7 Å². The third kappa shape index (κ3) is 5.87. The highest BCUT2D eigenvalue weighted by molar-refractivity contribution is 7.99. The average Bonchev–Trinajstić information content (AvgIpc) is 3.03. The fraction of sp³-hybridized carbons (Fsp3) is 0.500. The molecule has 1 aliphatic heterocycles. The zero-order chi connectivity index (χ0) is 19.1. The van der Waals surface area contributed by atoms with Gasteiger partial charge < -0.3 is 15.5 Å². The minimum atomic E-state index is 0.668. The van der Waals surface area contributed by atoms with Crippen molar-refractivity contribution in [1.82, 2.24) is 15.6 Å². The third-order valence-electron chi connectivity index (χ3n) is 4.56. The largest absolute Gasteiger partial charge is 0.370 e. The second-order valence-electron chi connectivity index (χ2n) is 6.56. The van der Waals surface area contributed by atoms with Gasteiger partial charge in [-0.15, -0.1) is 11.3 Å². The average molecular weight is 404 g/mol. The summed E-state index contributed by atoms with van der Waals surface area (Å²) in [5.74, 6) is 3.28. The van der Waals surface area contributed by atoms with Gasteiger partial charge in [-0.25, -0.2) is 9.98 Å². The number of hydrogen-bond donors (Lipinski definition) is 2. The highest BCUT2D eigenvalue weighted by Gasteiger charge is 2.10. The van der Waals surface area contributed by atoms with Crippen LogP contribution in [-0.2, 0) is 13.1 Å². The molecule has 1 saturated heterocycles. The number of aryl methyl sites for hydroxylation is 2. The number of rotatable bonds is 6. The number of anilines is 1. The van der Waals surface area contributed by atoms with Crippen LogP contribution in [0.2, 0.25) is 0 Å². The van der Waals surface area contributed by atoms with E-state index in [-0.39, 0.29) is 0 Å². The summed E-state index contributed by atoms with van der Waals surface area (Å²) in [4.78, 5) is 13.1. The Bertz CT molecular complexity index is 729. The van der Waals surface area contributed by atoms with Gasteiger partial charge in [-0.1, -0.05) is 12.1 Å². The molecule has 3 rings (SSSR count). The van der Waals surface area contributed by atoms with Crippen LogP contribution >= 0.6 is 23.1 Å². The van der Waals surface area contributed by atoms with Gasteiger partial charge >= 0.3 is 0 Å². The van der Waals surface area contributed by atoms with E-state index >= 15 is 0 Å². The second kappa shape index (κ2) is 9.99. The maximum absolute atomic E-state index is 4.72. The van der Waals surface area contributed by atoms with Crippen LogP contribution in [0.15, 0.2) is 29.3 Å². The predicted octanol–water partition coefficient (Wildman–Crippen LogP) is 3.57. The first-order valence-electron chi connectivity index (χ1n) is 9.52. The van der Waals surface area contributed by atoms with Crippen LogP contribution < -0.4 is 15.5 Å². The fourth-order valence-corrected chi connectivity index (χ4v) is 4.70. The van der Waals surface area contributed by atoms with Crippen LogP contribution in [0.3, 0.4) is 0 Å². The van der Waals surface area contributed by atoms with Crippen molar-refractivity contribution in [2.45, 2.75) is 33.9 Å². The number of nitrogens with one attached hydrogen (secondary N) is 2. The number of thioether (sulfide) groups is 1. The molecule has 1 aromatic heterocycles. The van der Waals surface area contributed by atoms with E-state index in [4.69, 9.17) is 4.99 Å². The molecule has 2 heterocycles. The Balaban J connectivity index is 1.57. The van der Waals surface area contributed by atoms with Crippen LogP contribution in [0.5, 0.6) is 0 Å². The zero-order valence-electron chi connectivity index (χ0n) is 16.4. The number of nitrogens with zero attached hydrogens (tertiary/aromatic N) is 3. The monoisotopic (exact) mass is 403 g/mol. The second-order valence-corrected chi connectivity index (χ2v) is 9.08. The summed E-state index contributed by atoms with van der Waals surface area (Å²) < 4.78 is 0. The van der Waals surface area contributed by atoms with Gasteiger partial charge in [-0.2, -0.15) is 11.8 Å². The lowest BCUT2D eigenvalue weighted by atomic mass is 10.2. The molecule has 146 valence electrons. The molecule has 1 fully saturated rings. The molecule has 1 aromatic carbocycles. The molecule has 0 spiro atoms. The topological polar surface area (TPSA) is 52.6 Å². The summed E-state index contributed by atoms with van der Waals surface area (Å²) in [5.41, 5.74) is 3.66. The van der Waals surface area contributed by atoms with Gasteiger partial charge in [0.1, 0.15) is 5.01 Å². The molecule has 1 aliphatic rings. The first-order valence-corrected chi connectivity index (χ1v) is 11.5. The van der Waals surface area contributed by atoms with Gasteiger partial charge in [0.05, 0.1) is 18.8 Å². The van der Waals surface area contributed by atoms with Gasteiger partial charge in [-0.05, 0) is 38.5 Å². The molecule has 0 aliphatic carbocycles. The van der Waals surface area contributed by atoms with Crippen molar-refractivity contribution in [3.63, 3.8) is 0 Å². The lowest BCUT2D eigenvalue weighted by Crippen LogP contribution is -2.36. The van der Waals surface area contributed by atoms with Gasteiger partial charge in [-0.3, -0.25) is 0 Å². The molecular formula is C20H29N5S2. The molecule has 0 atom stereocenters. The first-order chi connectivity index (χ1) is 13.2. The fourth-order valence-electron chi connectivity index (χ4n) is 2.92. The van der Waals surface area contributed by atoms with E-state index in [9.17, 15) is 0 Å². The molecule has 0 bridgehead atoms. The minimum Gasteiger partial charge on any atom is -0.370 e. The molecule has 7 heteroatoms. The van der Waals surface area contributed by atoms with Gasteiger partial charge in [0.15, 0.2) is 5.96 Å². The van der Waals surface area contributed by atoms with E-state index in [1.54, 1.807) is 11.3 Å². The smallest absolute Gasteiger partial charge is 0.191 e. The highest BCUT2D eigenvalue weighted by atomic mass is 32.2. The molecule has 0 amide bonds. The van der Waals surface area contributed by atoms with Crippen molar-refractivity contribution < 1.29 is 0 Å². The quantitative estimate of drug-likeness (QED) is 0.570. The number of aliphatic imine (C=N–C) groups is 1. The van der Waals surface area contributed by atoms with Crippen LogP contribution in [0.25, 0.3) is 0 Å². The standard InChI is InChI=1S/C20H29N5S2/c1-4-21-20(23-14-19-24-15(2)16(3)27-19)22-13-17-5-7-18(8-6-17)25-9-11-26-12-10-25/h5-8H,4,9-14H2,1-3H3,(H2,21,22,23). The Morgan fingerprint density at radius 2 is 1.89 bits per heavy atom. The number of thiazole rings is 1. The van der Waals surface area contributed by atoms with Gasteiger partial charge in [0.2, 0.25) is 0 Å². The Kier molecular flexibility index (Phi) is 7.41. The van der Waals surface area contributed by atoms with Crippen molar-refractivity contribution in [2.75, 3.05) is 36.0 Å². The van der Waals surface area contributed by atoms with Crippen molar-refractivity contribution >= 4 is 34.7 Å². The minimum absolute atomic E-state index is 0.668. The van der Waals surface area contributed by atoms with E-state index in [0.717, 1.165) is 36.3 Å². The maximum atomic E-state index is 4.72. The number of benzene rings is 1. The number of guanidine groups is 1. The van der Waals surface area contributed by atoms with Crippen molar-refractivity contribution in [1.29, 1.82) is 0 Å². The first kappa shape index (κ1) is 20.0. The molecular weight excluding hydrogens is 374 g/mol. The normalized spacial score (nSPS) is 15.1. The van der Waals surface area contributed by atoms with Crippen molar-refractivity contribution in [2.24, 2.45) is 4.99 Å². The molecule has 2 N–H and O–H groups in total. The summed E-state index contributed by atoms with van der Waals surface area (Å²) in [6.45, 7) is 10.8. The van der Waals surface area contributed by atoms with E-state index in [0.29, 0.717) is 13.1 Å². The number of hydrogen-bond acceptors (Lipinski definition) is 5. The van der Waals surface area contributed by atoms with Crippen LogP contribution in [0, 0.1) is 13.8 Å². The van der Waals surface area contributed by atoms with Crippen molar-refractivity contribution in [3.8, 4) is 0 Å². The van der Waals surface area contributed by atoms with E-state index in [1.807, 2.05) is 11.8 Å².